The van der Waals surface area contributed by atoms with E-state index >= 15 is 0 Å². The molecule has 2 unspecified atom stereocenters. The molecule has 2 atom stereocenters. The van der Waals surface area contributed by atoms with Gasteiger partial charge in [0.15, 0.2) is 0 Å². The van der Waals surface area contributed by atoms with Crippen molar-refractivity contribution in [3.8, 4) is 0 Å². The maximum Gasteiger partial charge on any atom is 0.101 e. The quantitative estimate of drug-likeness (QED) is 0.659. The van der Waals surface area contributed by atoms with Crippen LogP contribution in [0.3, 0.4) is 0 Å². The van der Waals surface area contributed by atoms with Crippen molar-refractivity contribution in [1.29, 1.82) is 0 Å². The summed E-state index contributed by atoms with van der Waals surface area (Å²) in [5.74, 6) is 1.11. The van der Waals surface area contributed by atoms with Gasteiger partial charge in [0.05, 0.1) is 11.9 Å². The molecule has 0 spiro atoms. The fraction of sp³-hybridized carbons (Fsp3) is 0.208. The fourth-order valence-electron chi connectivity index (χ4n) is 3.66. The Kier molecular flexibility index (Phi) is 4.83. The number of nitrogens with zero attached hydrogens (tertiary/aromatic N) is 1. The molecule has 3 aromatic carbocycles. The van der Waals surface area contributed by atoms with Crippen molar-refractivity contribution < 1.29 is 0 Å². The number of amidine groups is 1. The Morgan fingerprint density at radius 1 is 0.731 bits per heavy atom. The predicted molar refractivity (Wildman–Crippen MR) is 108 cm³/mol. The van der Waals surface area contributed by atoms with Gasteiger partial charge in [0.2, 0.25) is 0 Å². The molecule has 0 saturated carbocycles. The maximum atomic E-state index is 5.07. The lowest BCUT2D eigenvalue weighted by Crippen LogP contribution is -2.24. The number of aryl methyl sites for hydroxylation is 2. The second kappa shape index (κ2) is 7.57. The first-order valence-corrected chi connectivity index (χ1v) is 9.29. The number of rotatable bonds is 5. The third kappa shape index (κ3) is 3.55. The lowest BCUT2D eigenvalue weighted by molar-refractivity contribution is 0.571. The van der Waals surface area contributed by atoms with Crippen molar-refractivity contribution in [3.05, 3.63) is 107 Å². The standard InChI is InChI=1S/C24H24N2/c1-18-10-8-9-11-19(18)16-17-22-25-23(20-12-4-2-5-13-20)24(26-22)21-14-6-3-7-15-21/h2-15,23-24H,16-17H2,1H3,(H,25,26). The minimum absolute atomic E-state index is 0.130. The summed E-state index contributed by atoms with van der Waals surface area (Å²) in [5, 5.41) is 3.70. The van der Waals surface area contributed by atoms with Crippen LogP contribution in [0.15, 0.2) is 89.9 Å². The zero-order valence-electron chi connectivity index (χ0n) is 15.1. The molecular formula is C24H24N2. The molecule has 1 aliphatic heterocycles. The van der Waals surface area contributed by atoms with Crippen LogP contribution in [0.2, 0.25) is 0 Å². The molecule has 3 aromatic rings. The molecule has 0 saturated heterocycles. The van der Waals surface area contributed by atoms with Gasteiger partial charge in [-0.2, -0.15) is 0 Å². The van der Waals surface area contributed by atoms with Crippen LogP contribution in [0.4, 0.5) is 0 Å². The molecule has 0 radical (unpaired) electrons. The van der Waals surface area contributed by atoms with Crippen LogP contribution in [0.25, 0.3) is 0 Å². The molecule has 2 nitrogen and oxygen atoms in total. The monoisotopic (exact) mass is 340 g/mol. The number of benzene rings is 3. The third-order valence-electron chi connectivity index (χ3n) is 5.12. The van der Waals surface area contributed by atoms with Gasteiger partial charge in [-0.1, -0.05) is 84.9 Å². The Balaban J connectivity index is 1.57. The van der Waals surface area contributed by atoms with E-state index in [-0.39, 0.29) is 12.1 Å². The molecule has 0 amide bonds. The second-order valence-corrected chi connectivity index (χ2v) is 6.89. The molecule has 26 heavy (non-hydrogen) atoms. The van der Waals surface area contributed by atoms with E-state index in [2.05, 4.69) is 97.2 Å². The highest BCUT2D eigenvalue weighted by atomic mass is 15.1. The van der Waals surface area contributed by atoms with E-state index in [0.29, 0.717) is 0 Å². The van der Waals surface area contributed by atoms with Gasteiger partial charge < -0.3 is 5.32 Å². The summed E-state index contributed by atoms with van der Waals surface area (Å²) in [6.07, 6.45) is 1.96. The molecule has 1 N–H and O–H groups in total. The SMILES string of the molecule is Cc1ccccc1CCC1=NC(c2ccccc2)C(c2ccccc2)N1. The highest BCUT2D eigenvalue weighted by Crippen LogP contribution is 2.36. The van der Waals surface area contributed by atoms with Gasteiger partial charge in [-0.25, -0.2) is 0 Å². The average Bonchev–Trinajstić information content (AvgIpc) is 3.13. The van der Waals surface area contributed by atoms with Gasteiger partial charge in [0, 0.05) is 6.42 Å². The molecule has 0 aliphatic carbocycles. The van der Waals surface area contributed by atoms with Gasteiger partial charge in [0.25, 0.3) is 0 Å². The molecule has 0 bridgehead atoms. The van der Waals surface area contributed by atoms with Crippen LogP contribution in [0.5, 0.6) is 0 Å². The van der Waals surface area contributed by atoms with Crippen LogP contribution in [0, 0.1) is 6.92 Å². The van der Waals surface area contributed by atoms with E-state index in [0.717, 1.165) is 18.7 Å². The summed E-state index contributed by atoms with van der Waals surface area (Å²) in [7, 11) is 0. The molecule has 0 fully saturated rings. The summed E-state index contributed by atoms with van der Waals surface area (Å²) in [6, 6.07) is 30.2. The van der Waals surface area contributed by atoms with Crippen molar-refractivity contribution in [2.45, 2.75) is 31.8 Å². The van der Waals surface area contributed by atoms with Crippen molar-refractivity contribution in [2.75, 3.05) is 0 Å². The average molecular weight is 340 g/mol. The largest absolute Gasteiger partial charge is 0.364 e. The Labute approximate surface area is 155 Å². The number of hydrogen-bond donors (Lipinski definition) is 1. The zero-order valence-corrected chi connectivity index (χ0v) is 15.1. The molecule has 1 heterocycles. The maximum absolute atomic E-state index is 5.07. The van der Waals surface area contributed by atoms with Gasteiger partial charge in [0.1, 0.15) is 6.04 Å². The van der Waals surface area contributed by atoms with Crippen LogP contribution in [-0.4, -0.2) is 5.84 Å². The van der Waals surface area contributed by atoms with Crippen LogP contribution in [-0.2, 0) is 6.42 Å². The van der Waals surface area contributed by atoms with E-state index in [1.165, 1.54) is 22.3 Å². The van der Waals surface area contributed by atoms with Crippen molar-refractivity contribution in [1.82, 2.24) is 5.32 Å². The highest BCUT2D eigenvalue weighted by molar-refractivity contribution is 5.85. The second-order valence-electron chi connectivity index (χ2n) is 6.89. The van der Waals surface area contributed by atoms with Crippen molar-refractivity contribution in [3.63, 3.8) is 0 Å². The predicted octanol–water partition coefficient (Wildman–Crippen LogP) is 5.41. The summed E-state index contributed by atoms with van der Waals surface area (Å²) in [5.41, 5.74) is 5.30. The van der Waals surface area contributed by atoms with Gasteiger partial charge in [-0.05, 0) is 35.6 Å². The van der Waals surface area contributed by atoms with Crippen molar-refractivity contribution >= 4 is 5.84 Å². The molecule has 1 aliphatic rings. The number of aliphatic imine (C=N–C) groups is 1. The van der Waals surface area contributed by atoms with E-state index in [1.54, 1.807) is 0 Å². The van der Waals surface area contributed by atoms with Crippen LogP contribution < -0.4 is 5.32 Å². The van der Waals surface area contributed by atoms with E-state index in [9.17, 15) is 0 Å². The lowest BCUT2D eigenvalue weighted by Gasteiger charge is -2.19. The summed E-state index contributed by atoms with van der Waals surface area (Å²) in [4.78, 5) is 5.07. The Morgan fingerprint density at radius 2 is 1.35 bits per heavy atom. The minimum atomic E-state index is 0.130. The lowest BCUT2D eigenvalue weighted by atomic mass is 9.95. The summed E-state index contributed by atoms with van der Waals surface area (Å²) < 4.78 is 0. The van der Waals surface area contributed by atoms with E-state index in [4.69, 9.17) is 4.99 Å². The first-order chi connectivity index (χ1) is 12.8. The fourth-order valence-corrected chi connectivity index (χ4v) is 3.66. The number of nitrogens with one attached hydrogen (secondary N) is 1. The normalized spacial score (nSPS) is 19.0. The first kappa shape index (κ1) is 16.6. The molecule has 0 aromatic heterocycles. The third-order valence-corrected chi connectivity index (χ3v) is 5.12. The Morgan fingerprint density at radius 3 is 2.04 bits per heavy atom. The Bertz CT molecular complexity index is 884. The van der Waals surface area contributed by atoms with Gasteiger partial charge in [-0.3, -0.25) is 4.99 Å². The molecule has 4 rings (SSSR count). The zero-order chi connectivity index (χ0) is 17.8. The molecular weight excluding hydrogens is 316 g/mol. The summed E-state index contributed by atoms with van der Waals surface area (Å²) in [6.45, 7) is 2.18. The van der Waals surface area contributed by atoms with Gasteiger partial charge in [-0.15, -0.1) is 0 Å². The Hall–Kier alpha value is -2.87. The van der Waals surface area contributed by atoms with Gasteiger partial charge >= 0.3 is 0 Å². The molecule has 2 heteroatoms. The minimum Gasteiger partial charge on any atom is -0.364 e. The van der Waals surface area contributed by atoms with Crippen LogP contribution >= 0.6 is 0 Å². The van der Waals surface area contributed by atoms with E-state index in [1.807, 2.05) is 0 Å². The van der Waals surface area contributed by atoms with Crippen LogP contribution in [0.1, 0.15) is 40.8 Å². The topological polar surface area (TPSA) is 24.4 Å². The smallest absolute Gasteiger partial charge is 0.101 e. The highest BCUT2D eigenvalue weighted by Gasteiger charge is 2.30. The number of hydrogen-bond acceptors (Lipinski definition) is 2. The molecule has 130 valence electrons. The van der Waals surface area contributed by atoms with E-state index < -0.39 is 0 Å². The van der Waals surface area contributed by atoms with Crippen molar-refractivity contribution in [2.24, 2.45) is 4.99 Å². The summed E-state index contributed by atoms with van der Waals surface area (Å²) >= 11 is 0. The first-order valence-electron chi connectivity index (χ1n) is 9.29.